The number of hydrogen-bond donors (Lipinski definition) is 6. The van der Waals surface area contributed by atoms with E-state index in [1.54, 1.807) is 0 Å². The maximum Gasteiger partial charge on any atom is 0.165 e. The Morgan fingerprint density at radius 1 is 0.207 bits per heavy atom. The summed E-state index contributed by atoms with van der Waals surface area (Å²) in [7, 11) is 0. The van der Waals surface area contributed by atoms with E-state index in [0.29, 0.717) is 0 Å². The van der Waals surface area contributed by atoms with Gasteiger partial charge in [-0.3, -0.25) is 31.9 Å². The maximum absolute atomic E-state index is 16.7. The van der Waals surface area contributed by atoms with Gasteiger partial charge < -0.3 is 0 Å². The summed E-state index contributed by atoms with van der Waals surface area (Å²) in [4.78, 5) is 0. The molecule has 32 unspecified atom stereocenters. The lowest BCUT2D eigenvalue weighted by Crippen LogP contribution is -2.61. The molecule has 9 aliphatic rings. The van der Waals surface area contributed by atoms with Crippen molar-refractivity contribution < 1.29 is 79.2 Å². The predicted molar refractivity (Wildman–Crippen MR) is 161 cm³/mol. The van der Waals surface area contributed by atoms with Gasteiger partial charge in [0, 0.05) is 47.3 Å². The molecule has 0 aromatic rings. The van der Waals surface area contributed by atoms with Crippen molar-refractivity contribution in [2.24, 2.45) is 47.3 Å². The number of nitrogens with zero attached hydrogens (tertiary/aromatic N) is 2. The third-order valence-electron chi connectivity index (χ3n) is 14.6. The fourth-order valence-electron chi connectivity index (χ4n) is 11.9. The van der Waals surface area contributed by atoms with Gasteiger partial charge in [-0.05, 0) is 0 Å². The molecule has 5 aliphatic heterocycles. The molecule has 332 valence electrons. The average Bonchev–Trinajstić information content (AvgIpc) is 3.90. The molecule has 4 saturated carbocycles. The van der Waals surface area contributed by atoms with Crippen LogP contribution >= 0.6 is 0 Å². The topological polar surface area (TPSA) is 78.7 Å². The average molecular weight is 877 g/mol. The molecular formula is C32H38F18N8. The van der Waals surface area contributed by atoms with Crippen molar-refractivity contribution in [1.82, 2.24) is 42.1 Å². The summed E-state index contributed by atoms with van der Waals surface area (Å²) < 4.78 is 280. The van der Waals surface area contributed by atoms with Crippen LogP contribution in [0.1, 0.15) is 0 Å². The molecule has 5 heterocycles. The molecule has 32 atom stereocenters. The standard InChI is InChI=1S/C32H38F18N8/c33-9-1-2(10(34)18(42)17(9)41)26-51-25(1)53-29-5-6(14(38)22(46)21(45)13(5)37)31(57(29)49)55-27-3-4(12(36)20(44)19(43)11(3)35)28(52-27)56-32-8-7(30(54-26)58(32)50)15(39)23(47)24(48)16(8)40/h1-32,51-56H. The van der Waals surface area contributed by atoms with Gasteiger partial charge in [-0.2, -0.15) is 0 Å². The lowest BCUT2D eigenvalue weighted by atomic mass is 9.72. The predicted octanol–water partition coefficient (Wildman–Crippen LogP) is 2.97. The second-order valence-electron chi connectivity index (χ2n) is 17.1. The highest BCUT2D eigenvalue weighted by Crippen LogP contribution is 2.53. The first-order valence-corrected chi connectivity index (χ1v) is 19.0. The van der Waals surface area contributed by atoms with Gasteiger partial charge in [-0.15, -0.1) is 19.2 Å². The SMILES string of the molecule is FC1C(F)C(F)C2C3NC(NC4C5C(F)C(F)C(F)C(F)C5C(NC5NC(NC6C7C(F)C(F)C(F)C(F)C7C(N3)N6F)C3C(F)C(F)C(F)C(F)C53)N4F)C2C1F. The lowest BCUT2D eigenvalue weighted by Gasteiger charge is -2.42. The molecule has 8 bridgehead atoms. The van der Waals surface area contributed by atoms with Gasteiger partial charge in [0.2, 0.25) is 0 Å². The van der Waals surface area contributed by atoms with Crippen LogP contribution in [0, 0.1) is 47.3 Å². The van der Waals surface area contributed by atoms with E-state index in [-0.39, 0.29) is 0 Å². The third kappa shape index (κ3) is 5.61. The Bertz CT molecular complexity index is 1330. The number of alkyl halides is 16. The van der Waals surface area contributed by atoms with Crippen LogP contribution in [0.15, 0.2) is 0 Å². The first-order chi connectivity index (χ1) is 27.3. The van der Waals surface area contributed by atoms with Crippen molar-refractivity contribution in [1.29, 1.82) is 0 Å². The molecule has 5 saturated heterocycles. The van der Waals surface area contributed by atoms with Gasteiger partial charge in [0.15, 0.2) is 49.4 Å². The number of nitrogens with one attached hydrogen (secondary N) is 6. The summed E-state index contributed by atoms with van der Waals surface area (Å²) in [5.74, 6) is -18.2. The maximum atomic E-state index is 16.7. The highest BCUT2D eigenvalue weighted by molar-refractivity contribution is 5.18. The number of halogens is 18. The summed E-state index contributed by atoms with van der Waals surface area (Å²) in [6.07, 6.45) is -68.8. The summed E-state index contributed by atoms with van der Waals surface area (Å²) in [5, 5.41) is 12.8. The van der Waals surface area contributed by atoms with Crippen molar-refractivity contribution in [3.05, 3.63) is 0 Å². The molecular weight excluding hydrogens is 838 g/mol. The minimum atomic E-state index is -3.27. The van der Waals surface area contributed by atoms with Crippen LogP contribution in [-0.2, 0) is 0 Å². The zero-order valence-electron chi connectivity index (χ0n) is 29.2. The fraction of sp³-hybridized carbons (Fsp3) is 1.00. The zero-order chi connectivity index (χ0) is 41.9. The van der Waals surface area contributed by atoms with E-state index in [9.17, 15) is 35.1 Å². The minimum Gasteiger partial charge on any atom is -0.286 e. The van der Waals surface area contributed by atoms with Gasteiger partial charge >= 0.3 is 0 Å². The van der Waals surface area contributed by atoms with Crippen molar-refractivity contribution >= 4 is 0 Å². The molecule has 9 rings (SSSR count). The first kappa shape index (κ1) is 41.8. The van der Waals surface area contributed by atoms with Gasteiger partial charge in [0.1, 0.15) is 49.4 Å². The van der Waals surface area contributed by atoms with Crippen molar-refractivity contribution in [3.8, 4) is 0 Å². The zero-order valence-corrected chi connectivity index (χ0v) is 29.2. The van der Waals surface area contributed by atoms with E-state index in [0.717, 1.165) is 0 Å². The first-order valence-electron chi connectivity index (χ1n) is 19.0. The Balaban J connectivity index is 1.19. The molecule has 4 aliphatic carbocycles. The second-order valence-corrected chi connectivity index (χ2v) is 17.1. The Labute approximate surface area is 317 Å². The van der Waals surface area contributed by atoms with E-state index < -0.39 is 206 Å². The molecule has 6 N–H and O–H groups in total. The fourth-order valence-corrected chi connectivity index (χ4v) is 11.9. The van der Waals surface area contributed by atoms with Crippen LogP contribution in [-0.4, -0.2) is 158 Å². The number of fused-ring (bicyclic) bond motifs is 20. The summed E-state index contributed by atoms with van der Waals surface area (Å²) in [5.41, 5.74) is 0. The molecule has 0 spiro atoms. The molecule has 0 aromatic carbocycles. The van der Waals surface area contributed by atoms with Crippen LogP contribution in [0.25, 0.3) is 0 Å². The van der Waals surface area contributed by atoms with Gasteiger partial charge in [0.05, 0.1) is 49.3 Å². The monoisotopic (exact) mass is 876 g/mol. The quantitative estimate of drug-likeness (QED) is 0.164. The molecule has 0 aromatic heterocycles. The Morgan fingerprint density at radius 3 is 0.534 bits per heavy atom. The summed E-state index contributed by atoms with van der Waals surface area (Å²) in [6.45, 7) is 0. The van der Waals surface area contributed by atoms with Crippen LogP contribution < -0.4 is 31.9 Å². The lowest BCUT2D eigenvalue weighted by molar-refractivity contribution is -0.108. The Kier molecular flexibility index (Phi) is 10.4. The summed E-state index contributed by atoms with van der Waals surface area (Å²) in [6, 6.07) is 0. The van der Waals surface area contributed by atoms with Gasteiger partial charge in [0.25, 0.3) is 0 Å². The molecule has 8 nitrogen and oxygen atoms in total. The number of rotatable bonds is 0. The summed E-state index contributed by atoms with van der Waals surface area (Å²) >= 11 is 0. The van der Waals surface area contributed by atoms with Gasteiger partial charge in [-0.25, -0.2) is 70.2 Å². The van der Waals surface area contributed by atoms with Crippen molar-refractivity contribution in [2.45, 2.75) is 148 Å². The van der Waals surface area contributed by atoms with Crippen LogP contribution in [0.2, 0.25) is 0 Å². The molecule has 9 fully saturated rings. The van der Waals surface area contributed by atoms with Crippen LogP contribution in [0.5, 0.6) is 0 Å². The van der Waals surface area contributed by atoms with Crippen LogP contribution in [0.3, 0.4) is 0 Å². The number of hydrogen-bond acceptors (Lipinski definition) is 8. The van der Waals surface area contributed by atoms with E-state index in [1.165, 1.54) is 0 Å². The van der Waals surface area contributed by atoms with Gasteiger partial charge in [-0.1, -0.05) is 0 Å². The largest absolute Gasteiger partial charge is 0.286 e. The molecule has 58 heavy (non-hydrogen) atoms. The van der Waals surface area contributed by atoms with E-state index in [1.807, 2.05) is 0 Å². The van der Waals surface area contributed by atoms with E-state index in [2.05, 4.69) is 31.9 Å². The smallest absolute Gasteiger partial charge is 0.165 e. The van der Waals surface area contributed by atoms with E-state index >= 15 is 44.1 Å². The van der Waals surface area contributed by atoms with E-state index in [4.69, 9.17) is 0 Å². The molecule has 26 heteroatoms. The van der Waals surface area contributed by atoms with Crippen LogP contribution in [0.4, 0.5) is 79.2 Å². The Morgan fingerprint density at radius 2 is 0.362 bits per heavy atom. The second kappa shape index (κ2) is 14.5. The third-order valence-corrected chi connectivity index (χ3v) is 14.6. The molecule has 0 amide bonds. The van der Waals surface area contributed by atoms with Crippen molar-refractivity contribution in [3.63, 3.8) is 0 Å². The highest BCUT2D eigenvalue weighted by Gasteiger charge is 2.71. The van der Waals surface area contributed by atoms with Crippen molar-refractivity contribution in [2.75, 3.05) is 0 Å². The highest BCUT2D eigenvalue weighted by atomic mass is 19.2. The Hall–Kier alpha value is -1.58. The minimum absolute atomic E-state index is 0.493. The molecule has 0 radical (unpaired) electrons. The normalized spacial score (nSPS) is 64.9.